The number of nitrogens with zero attached hydrogens (tertiary/aromatic N) is 2. The molecule has 0 saturated heterocycles. The highest BCUT2D eigenvalue weighted by Crippen LogP contribution is 2.37. The third-order valence-electron chi connectivity index (χ3n) is 10.5. The van der Waals surface area contributed by atoms with Gasteiger partial charge >= 0.3 is 5.97 Å². The quantitative estimate of drug-likeness (QED) is 0.0812. The van der Waals surface area contributed by atoms with Gasteiger partial charge in [-0.1, -0.05) is 133 Å². The molecular weight excluding hydrogens is 709 g/mol. The van der Waals surface area contributed by atoms with Gasteiger partial charge < -0.3 is 10.0 Å². The van der Waals surface area contributed by atoms with E-state index in [-0.39, 0.29) is 5.57 Å². The van der Waals surface area contributed by atoms with Crippen LogP contribution in [0, 0.1) is 39.0 Å². The molecule has 282 valence electrons. The number of benzene rings is 7. The van der Waals surface area contributed by atoms with E-state index in [4.69, 9.17) is 0 Å². The van der Waals surface area contributed by atoms with E-state index in [1.807, 2.05) is 36.4 Å². The lowest BCUT2D eigenvalue weighted by atomic mass is 9.93. The van der Waals surface area contributed by atoms with Crippen LogP contribution in [-0.2, 0) is 4.79 Å². The zero-order valence-electron chi connectivity index (χ0n) is 33.1. The molecule has 0 spiro atoms. The second-order valence-corrected chi connectivity index (χ2v) is 14.5. The number of anilines is 3. The van der Waals surface area contributed by atoms with Crippen molar-refractivity contribution < 1.29 is 9.90 Å². The minimum atomic E-state index is -1.25. The maximum atomic E-state index is 11.5. The van der Waals surface area contributed by atoms with Crippen molar-refractivity contribution in [2.24, 2.45) is 0 Å². The summed E-state index contributed by atoms with van der Waals surface area (Å²) < 4.78 is 0. The Labute approximate surface area is 341 Å². The van der Waals surface area contributed by atoms with Crippen LogP contribution in [0.2, 0.25) is 0 Å². The molecule has 0 amide bonds. The molecular formula is C54H44N2O2. The molecule has 7 rings (SSSR count). The van der Waals surface area contributed by atoms with Gasteiger partial charge in [-0.05, 0) is 155 Å². The Bertz CT molecular complexity index is 2550. The number of carbonyl (C=O) groups is 1. The second kappa shape index (κ2) is 17.5. The van der Waals surface area contributed by atoms with Crippen LogP contribution in [0.1, 0.15) is 61.2 Å². The number of carboxylic acids is 1. The van der Waals surface area contributed by atoms with Crippen molar-refractivity contribution in [3.8, 4) is 6.07 Å². The van der Waals surface area contributed by atoms with E-state index in [0.717, 1.165) is 50.5 Å². The van der Waals surface area contributed by atoms with Crippen LogP contribution in [0.15, 0.2) is 175 Å². The van der Waals surface area contributed by atoms with Crippen LogP contribution in [0.4, 0.5) is 17.1 Å². The molecule has 0 aliphatic heterocycles. The average molecular weight is 753 g/mol. The van der Waals surface area contributed by atoms with Gasteiger partial charge in [-0.3, -0.25) is 0 Å². The van der Waals surface area contributed by atoms with E-state index in [9.17, 15) is 15.2 Å². The number of aliphatic carboxylic acids is 1. The molecule has 4 nitrogen and oxygen atoms in total. The molecule has 0 fully saturated rings. The van der Waals surface area contributed by atoms with Crippen molar-refractivity contribution in [1.29, 1.82) is 5.26 Å². The molecule has 0 atom stereocenters. The Morgan fingerprint density at radius 3 is 1.16 bits per heavy atom. The fourth-order valence-electron chi connectivity index (χ4n) is 6.97. The van der Waals surface area contributed by atoms with Gasteiger partial charge in [0.2, 0.25) is 0 Å². The van der Waals surface area contributed by atoms with Gasteiger partial charge in [-0.2, -0.15) is 5.26 Å². The van der Waals surface area contributed by atoms with Gasteiger partial charge in [0.05, 0.1) is 0 Å². The molecule has 0 saturated carbocycles. The first-order valence-electron chi connectivity index (χ1n) is 19.3. The molecule has 0 unspecified atom stereocenters. The molecule has 1 N–H and O–H groups in total. The lowest BCUT2D eigenvalue weighted by molar-refractivity contribution is -0.132. The normalized spacial score (nSPS) is 11.9. The van der Waals surface area contributed by atoms with Crippen LogP contribution in [-0.4, -0.2) is 11.1 Å². The molecule has 7 aromatic rings. The summed E-state index contributed by atoms with van der Waals surface area (Å²) in [4.78, 5) is 13.7. The van der Waals surface area contributed by atoms with E-state index in [2.05, 4.69) is 178 Å². The first-order chi connectivity index (χ1) is 28.2. The minimum Gasteiger partial charge on any atom is -0.477 e. The molecule has 0 radical (unpaired) electrons. The van der Waals surface area contributed by atoms with Crippen molar-refractivity contribution in [3.63, 3.8) is 0 Å². The number of hydrogen-bond donors (Lipinski definition) is 1. The third-order valence-corrected chi connectivity index (χ3v) is 10.5. The monoisotopic (exact) mass is 752 g/mol. The molecule has 4 heteroatoms. The van der Waals surface area contributed by atoms with Crippen molar-refractivity contribution in [1.82, 2.24) is 0 Å². The predicted molar refractivity (Wildman–Crippen MR) is 241 cm³/mol. The van der Waals surface area contributed by atoms with Crippen molar-refractivity contribution in [2.75, 3.05) is 4.90 Å². The summed E-state index contributed by atoms with van der Waals surface area (Å²) in [6.07, 6.45) is 5.87. The third kappa shape index (κ3) is 8.97. The summed E-state index contributed by atoms with van der Waals surface area (Å²) in [7, 11) is 0. The fourth-order valence-corrected chi connectivity index (χ4v) is 6.97. The Balaban J connectivity index is 1.29. The molecule has 0 aliphatic carbocycles. The first kappa shape index (κ1) is 38.8. The largest absolute Gasteiger partial charge is 0.477 e. The van der Waals surface area contributed by atoms with Gasteiger partial charge in [0.1, 0.15) is 11.6 Å². The van der Waals surface area contributed by atoms with Gasteiger partial charge in [-0.15, -0.1) is 0 Å². The summed E-state index contributed by atoms with van der Waals surface area (Å²) in [5.74, 6) is -1.25. The van der Waals surface area contributed by atoms with Crippen LogP contribution in [0.3, 0.4) is 0 Å². The predicted octanol–water partition coefficient (Wildman–Crippen LogP) is 13.6. The van der Waals surface area contributed by atoms with Crippen molar-refractivity contribution >= 4 is 52.4 Å². The van der Waals surface area contributed by atoms with Crippen LogP contribution < -0.4 is 4.90 Å². The van der Waals surface area contributed by atoms with Gasteiger partial charge in [-0.25, -0.2) is 4.79 Å². The topological polar surface area (TPSA) is 64.3 Å². The van der Waals surface area contributed by atoms with Crippen LogP contribution in [0.25, 0.3) is 29.4 Å². The maximum absolute atomic E-state index is 11.5. The highest BCUT2D eigenvalue weighted by atomic mass is 16.4. The van der Waals surface area contributed by atoms with Crippen LogP contribution >= 0.6 is 0 Å². The average Bonchev–Trinajstić information content (AvgIpc) is 3.25. The van der Waals surface area contributed by atoms with E-state index in [0.29, 0.717) is 5.56 Å². The SMILES string of the molecule is Cc1ccc(/C(=C/c2ccc(N(c3ccc(/C=C(\C#N)C(=O)O)cc3)c3ccc(/C=C(\c4ccccc4)c4ccc(C)c(C)c4)cc3)cc2)c2ccccc2)cc1C. The standard InChI is InChI=1S/C54H44N2O2/c1-37-15-23-46(31-39(37)3)52(44-11-7-5-8-12-44)34-42-19-27-50(28-20-42)56(49-25-17-41(18-26-49)33-48(36-55)54(57)58)51-29-21-43(22-30-51)35-53(45-13-9-6-10-14-45)47-24-16-38(2)40(4)32-47/h5-35H,1-4H3,(H,57,58)/b48-33+,52-34+,53-35+. The number of aryl methyl sites for hydroxylation is 4. The zero-order valence-corrected chi connectivity index (χ0v) is 33.1. The van der Waals surface area contributed by atoms with E-state index in [1.54, 1.807) is 6.07 Å². The number of carboxylic acid groups (broad SMARTS) is 1. The molecule has 0 bridgehead atoms. The number of nitriles is 1. The van der Waals surface area contributed by atoms with Crippen molar-refractivity contribution in [2.45, 2.75) is 27.7 Å². The molecule has 0 heterocycles. The second-order valence-electron chi connectivity index (χ2n) is 14.5. The first-order valence-corrected chi connectivity index (χ1v) is 19.3. The fraction of sp³-hybridized carbons (Fsp3) is 0.0741. The van der Waals surface area contributed by atoms with Gasteiger partial charge in [0.15, 0.2) is 0 Å². The summed E-state index contributed by atoms with van der Waals surface area (Å²) in [6.45, 7) is 8.58. The summed E-state index contributed by atoms with van der Waals surface area (Å²) >= 11 is 0. The minimum absolute atomic E-state index is 0.316. The summed E-state index contributed by atoms with van der Waals surface area (Å²) in [5.41, 5.74) is 17.2. The van der Waals surface area contributed by atoms with E-state index in [1.165, 1.54) is 39.5 Å². The van der Waals surface area contributed by atoms with Crippen LogP contribution in [0.5, 0.6) is 0 Å². The molecule has 0 aromatic heterocycles. The van der Waals surface area contributed by atoms with Gasteiger partial charge in [0.25, 0.3) is 0 Å². The Kier molecular flexibility index (Phi) is 11.7. The zero-order chi connectivity index (χ0) is 40.6. The highest BCUT2D eigenvalue weighted by Gasteiger charge is 2.15. The maximum Gasteiger partial charge on any atom is 0.346 e. The molecule has 0 aliphatic rings. The lowest BCUT2D eigenvalue weighted by Crippen LogP contribution is -2.10. The van der Waals surface area contributed by atoms with Crippen molar-refractivity contribution in [3.05, 3.63) is 237 Å². The Hall–Kier alpha value is -7.48. The number of hydrogen-bond acceptors (Lipinski definition) is 3. The summed E-state index contributed by atoms with van der Waals surface area (Å²) in [5, 5.41) is 18.8. The molecule has 7 aromatic carbocycles. The Morgan fingerprint density at radius 2 is 0.828 bits per heavy atom. The molecule has 58 heavy (non-hydrogen) atoms. The smallest absolute Gasteiger partial charge is 0.346 e. The highest BCUT2D eigenvalue weighted by molar-refractivity contribution is 5.97. The van der Waals surface area contributed by atoms with Gasteiger partial charge in [0, 0.05) is 17.1 Å². The summed E-state index contributed by atoms with van der Waals surface area (Å²) in [6, 6.07) is 60.6. The number of rotatable bonds is 11. The lowest BCUT2D eigenvalue weighted by Gasteiger charge is -2.26. The van der Waals surface area contributed by atoms with E-state index >= 15 is 0 Å². The van der Waals surface area contributed by atoms with E-state index < -0.39 is 5.97 Å². The Morgan fingerprint density at radius 1 is 0.466 bits per heavy atom.